The first kappa shape index (κ1) is 22.6. The second-order valence-electron chi connectivity index (χ2n) is 10.1. The molecule has 3 aliphatic rings. The average Bonchev–Trinajstić information content (AvgIpc) is 3.18. The molecule has 7 heteroatoms. The van der Waals surface area contributed by atoms with E-state index in [9.17, 15) is 18.4 Å². The van der Waals surface area contributed by atoms with E-state index in [0.717, 1.165) is 25.2 Å². The lowest BCUT2D eigenvalue weighted by atomic mass is 9.43. The molecule has 1 N–H and O–H groups in total. The summed E-state index contributed by atoms with van der Waals surface area (Å²) in [7, 11) is 1.52. The van der Waals surface area contributed by atoms with Gasteiger partial charge in [0.15, 0.2) is 5.78 Å². The monoisotopic (exact) mass is 486 g/mol. The van der Waals surface area contributed by atoms with Gasteiger partial charge in [0.1, 0.15) is 17.4 Å². The minimum atomic E-state index is -0.532. The number of aryl methyl sites for hydroxylation is 1. The van der Waals surface area contributed by atoms with Crippen molar-refractivity contribution in [1.29, 1.82) is 0 Å². The molecule has 0 aliphatic heterocycles. The lowest BCUT2D eigenvalue weighted by molar-refractivity contribution is -0.103. The first-order valence-electron chi connectivity index (χ1n) is 12.0. The van der Waals surface area contributed by atoms with Crippen LogP contribution in [0.2, 0.25) is 0 Å². The van der Waals surface area contributed by atoms with Crippen molar-refractivity contribution >= 4 is 22.8 Å². The Morgan fingerprint density at radius 1 is 1.06 bits per heavy atom. The third-order valence-electron chi connectivity index (χ3n) is 7.71. The van der Waals surface area contributed by atoms with Crippen LogP contribution in [-0.4, -0.2) is 23.7 Å². The summed E-state index contributed by atoms with van der Waals surface area (Å²) in [5.74, 6) is -0.454. The van der Waals surface area contributed by atoms with Gasteiger partial charge in [0, 0.05) is 30.3 Å². The minimum Gasteiger partial charge on any atom is -0.437 e. The Kier molecular flexibility index (Phi) is 5.07. The molecule has 3 saturated carbocycles. The SMILES string of the molecule is CNC(=O)c1c(-c2ccc(F)cc2)oc2nc(C)c(-c3ccc(F)c(C(=O)CC45CC(C4)C5)c3)cc12. The number of furan rings is 1. The van der Waals surface area contributed by atoms with E-state index in [1.165, 1.54) is 37.4 Å². The van der Waals surface area contributed by atoms with Crippen LogP contribution < -0.4 is 5.32 Å². The molecule has 2 bridgehead atoms. The van der Waals surface area contributed by atoms with E-state index in [1.807, 2.05) is 0 Å². The molecule has 5 nitrogen and oxygen atoms in total. The summed E-state index contributed by atoms with van der Waals surface area (Å²) in [6, 6.07) is 12.0. The number of benzene rings is 2. The molecule has 4 aromatic rings. The molecule has 7 rings (SSSR count). The summed E-state index contributed by atoms with van der Waals surface area (Å²) in [6.45, 7) is 1.79. The molecule has 182 valence electrons. The highest BCUT2D eigenvalue weighted by Gasteiger charge is 2.57. The maximum atomic E-state index is 14.7. The van der Waals surface area contributed by atoms with E-state index >= 15 is 0 Å². The summed E-state index contributed by atoms with van der Waals surface area (Å²) < 4.78 is 34.2. The van der Waals surface area contributed by atoms with Gasteiger partial charge in [-0.3, -0.25) is 9.59 Å². The minimum absolute atomic E-state index is 0.0799. The number of pyridine rings is 1. The summed E-state index contributed by atoms with van der Waals surface area (Å²) in [4.78, 5) is 30.4. The zero-order valence-corrected chi connectivity index (χ0v) is 20.0. The van der Waals surface area contributed by atoms with Gasteiger partial charge < -0.3 is 9.73 Å². The third-order valence-corrected chi connectivity index (χ3v) is 7.71. The van der Waals surface area contributed by atoms with Crippen LogP contribution in [0, 0.1) is 29.9 Å². The first-order valence-corrected chi connectivity index (χ1v) is 12.0. The van der Waals surface area contributed by atoms with Crippen molar-refractivity contribution in [3.05, 3.63) is 77.0 Å². The summed E-state index contributed by atoms with van der Waals surface area (Å²) in [5.41, 5.74) is 3.14. The summed E-state index contributed by atoms with van der Waals surface area (Å²) >= 11 is 0. The molecule has 3 aliphatic carbocycles. The largest absolute Gasteiger partial charge is 0.437 e. The molecule has 3 fully saturated rings. The van der Waals surface area contributed by atoms with E-state index in [2.05, 4.69) is 10.3 Å². The fourth-order valence-electron chi connectivity index (χ4n) is 5.77. The van der Waals surface area contributed by atoms with Crippen LogP contribution >= 0.6 is 0 Å². The van der Waals surface area contributed by atoms with Crippen molar-refractivity contribution in [2.45, 2.75) is 32.6 Å². The molecule has 2 aromatic carbocycles. The molecular weight excluding hydrogens is 462 g/mol. The van der Waals surface area contributed by atoms with Crippen LogP contribution in [0.25, 0.3) is 33.6 Å². The quantitative estimate of drug-likeness (QED) is 0.317. The van der Waals surface area contributed by atoms with Gasteiger partial charge in [0.25, 0.3) is 5.91 Å². The van der Waals surface area contributed by atoms with Crippen molar-refractivity contribution in [2.24, 2.45) is 11.3 Å². The Labute approximate surface area is 206 Å². The number of halogens is 2. The van der Waals surface area contributed by atoms with E-state index in [0.29, 0.717) is 34.2 Å². The standard InChI is InChI=1S/C29H24F2N2O3/c1-15-20(18-5-8-23(31)21(9-18)24(34)14-29-11-16(12-29)13-29)10-22-25(27(35)32-2)26(36-28(22)33-15)17-3-6-19(30)7-4-17/h3-10,16H,11-14H2,1-2H3,(H,32,35). The Balaban J connectivity index is 1.45. The van der Waals surface area contributed by atoms with Crippen molar-refractivity contribution in [1.82, 2.24) is 10.3 Å². The predicted molar refractivity (Wildman–Crippen MR) is 132 cm³/mol. The number of hydrogen-bond acceptors (Lipinski definition) is 4. The van der Waals surface area contributed by atoms with E-state index in [-0.39, 0.29) is 39.7 Å². The highest BCUT2D eigenvalue weighted by Crippen LogP contribution is 2.66. The van der Waals surface area contributed by atoms with Gasteiger partial charge in [-0.2, -0.15) is 0 Å². The number of amides is 1. The molecule has 1 amide bonds. The van der Waals surface area contributed by atoms with Gasteiger partial charge in [-0.05, 0) is 85.5 Å². The highest BCUT2D eigenvalue weighted by molar-refractivity contribution is 6.11. The number of nitrogens with zero attached hydrogens (tertiary/aromatic N) is 1. The van der Waals surface area contributed by atoms with Crippen LogP contribution in [0.5, 0.6) is 0 Å². The van der Waals surface area contributed by atoms with Gasteiger partial charge in [0.05, 0.1) is 16.5 Å². The second kappa shape index (κ2) is 8.08. The molecule has 2 heterocycles. The molecule has 0 unspecified atom stereocenters. The number of carbonyl (C=O) groups is 2. The molecule has 36 heavy (non-hydrogen) atoms. The zero-order chi connectivity index (χ0) is 25.2. The lowest BCUT2D eigenvalue weighted by Gasteiger charge is -2.62. The van der Waals surface area contributed by atoms with Crippen LogP contribution in [0.15, 0.2) is 52.9 Å². The molecule has 0 atom stereocenters. The van der Waals surface area contributed by atoms with E-state index in [1.54, 1.807) is 25.1 Å². The number of nitrogens with one attached hydrogen (secondary N) is 1. The van der Waals surface area contributed by atoms with Gasteiger partial charge in [-0.1, -0.05) is 6.07 Å². The Morgan fingerprint density at radius 2 is 1.75 bits per heavy atom. The van der Waals surface area contributed by atoms with Crippen molar-refractivity contribution in [3.63, 3.8) is 0 Å². The molecule has 2 aromatic heterocycles. The van der Waals surface area contributed by atoms with Gasteiger partial charge in [0.2, 0.25) is 5.71 Å². The van der Waals surface area contributed by atoms with Crippen LogP contribution in [0.1, 0.15) is 52.1 Å². The Morgan fingerprint density at radius 3 is 2.39 bits per heavy atom. The van der Waals surface area contributed by atoms with Crippen LogP contribution in [-0.2, 0) is 0 Å². The maximum Gasteiger partial charge on any atom is 0.255 e. The second-order valence-corrected chi connectivity index (χ2v) is 10.1. The number of ketones is 1. The number of aromatic nitrogens is 1. The Hall–Kier alpha value is -3.87. The average molecular weight is 487 g/mol. The zero-order valence-electron chi connectivity index (χ0n) is 20.0. The van der Waals surface area contributed by atoms with Gasteiger partial charge in [-0.25, -0.2) is 13.8 Å². The molecule has 0 radical (unpaired) electrons. The number of hydrogen-bond donors (Lipinski definition) is 1. The smallest absolute Gasteiger partial charge is 0.255 e. The first-order chi connectivity index (χ1) is 17.3. The number of Topliss-reactive ketones (excluding diaryl/α,β-unsaturated/α-hetero) is 1. The fraction of sp³-hybridized carbons (Fsp3) is 0.276. The maximum absolute atomic E-state index is 14.7. The normalized spacial score (nSPS) is 20.1. The summed E-state index contributed by atoms with van der Waals surface area (Å²) in [6.07, 6.45) is 3.58. The number of carbonyl (C=O) groups excluding carboxylic acids is 2. The predicted octanol–water partition coefficient (Wildman–Crippen LogP) is 6.48. The molecular formula is C29H24F2N2O3. The van der Waals surface area contributed by atoms with E-state index < -0.39 is 11.6 Å². The highest BCUT2D eigenvalue weighted by atomic mass is 19.1. The van der Waals surface area contributed by atoms with Crippen LogP contribution in [0.4, 0.5) is 8.78 Å². The number of rotatable bonds is 6. The third kappa shape index (κ3) is 3.53. The van der Waals surface area contributed by atoms with Gasteiger partial charge >= 0.3 is 0 Å². The van der Waals surface area contributed by atoms with Gasteiger partial charge in [-0.15, -0.1) is 0 Å². The van der Waals surface area contributed by atoms with Crippen molar-refractivity contribution in [3.8, 4) is 22.5 Å². The lowest BCUT2D eigenvalue weighted by Crippen LogP contribution is -2.52. The number of fused-ring (bicyclic) bond motifs is 1. The molecule has 0 saturated heterocycles. The fourth-order valence-corrected chi connectivity index (χ4v) is 5.77. The van der Waals surface area contributed by atoms with Crippen molar-refractivity contribution in [2.75, 3.05) is 7.05 Å². The van der Waals surface area contributed by atoms with Crippen LogP contribution in [0.3, 0.4) is 0 Å². The van der Waals surface area contributed by atoms with Crippen molar-refractivity contribution < 1.29 is 22.8 Å². The summed E-state index contributed by atoms with van der Waals surface area (Å²) in [5, 5.41) is 3.10. The molecule has 0 spiro atoms. The van der Waals surface area contributed by atoms with E-state index in [4.69, 9.17) is 4.42 Å². The Bertz CT molecular complexity index is 1540. The topological polar surface area (TPSA) is 72.2 Å².